The lowest BCUT2D eigenvalue weighted by Crippen LogP contribution is -2.37. The van der Waals surface area contributed by atoms with Crippen LogP contribution in [-0.2, 0) is 19.1 Å². The zero-order valence-electron chi connectivity index (χ0n) is 14.4. The quantitative estimate of drug-likeness (QED) is 0.488. The summed E-state index contributed by atoms with van der Waals surface area (Å²) >= 11 is 0. The first-order valence-electron chi connectivity index (χ1n) is 8.26. The Morgan fingerprint density at radius 1 is 1.43 bits per heavy atom. The zero-order chi connectivity index (χ0) is 17.4. The first kappa shape index (κ1) is 19.6. The average Bonchev–Trinajstić information content (AvgIpc) is 2.94. The highest BCUT2D eigenvalue weighted by Gasteiger charge is 2.27. The van der Waals surface area contributed by atoms with Crippen LogP contribution in [0.2, 0.25) is 0 Å². The molecule has 3 atom stereocenters. The lowest BCUT2D eigenvalue weighted by atomic mass is 10.1. The third kappa shape index (κ3) is 6.71. The molecule has 1 saturated heterocycles. The smallest absolute Gasteiger partial charge is 0.333 e. The molecule has 0 spiro atoms. The fraction of sp³-hybridized carbons (Fsp3) is 0.765. The van der Waals surface area contributed by atoms with Crippen LogP contribution in [0, 0.1) is 0 Å². The van der Waals surface area contributed by atoms with Gasteiger partial charge in [0.05, 0.1) is 12.7 Å². The van der Waals surface area contributed by atoms with Gasteiger partial charge < -0.3 is 19.5 Å². The zero-order valence-corrected chi connectivity index (χ0v) is 14.4. The lowest BCUT2D eigenvalue weighted by molar-refractivity contribution is -0.143. The van der Waals surface area contributed by atoms with E-state index in [-0.39, 0.29) is 31.3 Å². The van der Waals surface area contributed by atoms with Gasteiger partial charge in [-0.2, -0.15) is 0 Å². The Kier molecular flexibility index (Phi) is 8.26. The maximum atomic E-state index is 11.7. The number of carbonyl (C=O) groups is 2. The predicted octanol–water partition coefficient (Wildman–Crippen LogP) is 1.66. The van der Waals surface area contributed by atoms with Gasteiger partial charge in [0.1, 0.15) is 12.7 Å². The minimum Gasteiger partial charge on any atom is -0.460 e. The fourth-order valence-electron chi connectivity index (χ4n) is 2.59. The Balaban J connectivity index is 2.31. The van der Waals surface area contributed by atoms with E-state index in [0.717, 1.165) is 25.8 Å². The molecule has 0 aromatic rings. The summed E-state index contributed by atoms with van der Waals surface area (Å²) in [6.45, 7) is 9.88. The normalized spacial score (nSPS) is 18.6. The van der Waals surface area contributed by atoms with Crippen LogP contribution in [0.15, 0.2) is 12.2 Å². The van der Waals surface area contributed by atoms with Crippen molar-refractivity contribution in [3.8, 4) is 0 Å². The number of hydrogen-bond acceptors (Lipinski definition) is 5. The number of likely N-dealkylation sites (tertiary alicyclic amines) is 1. The van der Waals surface area contributed by atoms with Crippen LogP contribution in [0.5, 0.6) is 0 Å². The second-order valence-electron chi connectivity index (χ2n) is 6.17. The molecule has 23 heavy (non-hydrogen) atoms. The van der Waals surface area contributed by atoms with Gasteiger partial charge in [0.2, 0.25) is 5.91 Å². The highest BCUT2D eigenvalue weighted by molar-refractivity contribution is 5.86. The van der Waals surface area contributed by atoms with Crippen molar-refractivity contribution in [1.82, 2.24) is 4.90 Å². The van der Waals surface area contributed by atoms with Crippen LogP contribution in [0.4, 0.5) is 0 Å². The van der Waals surface area contributed by atoms with Gasteiger partial charge in [-0.25, -0.2) is 4.79 Å². The molecule has 0 saturated carbocycles. The van der Waals surface area contributed by atoms with Gasteiger partial charge in [-0.15, -0.1) is 0 Å². The van der Waals surface area contributed by atoms with Crippen molar-refractivity contribution in [2.75, 3.05) is 19.8 Å². The molecule has 0 bridgehead atoms. The summed E-state index contributed by atoms with van der Waals surface area (Å²) in [6.07, 6.45) is 2.19. The van der Waals surface area contributed by atoms with Gasteiger partial charge in [0.15, 0.2) is 0 Å². The van der Waals surface area contributed by atoms with Crippen molar-refractivity contribution in [2.24, 2.45) is 0 Å². The molecule has 1 aliphatic heterocycles. The minimum atomic E-state index is -0.865. The summed E-state index contributed by atoms with van der Waals surface area (Å²) < 4.78 is 10.6. The van der Waals surface area contributed by atoms with Crippen molar-refractivity contribution < 1.29 is 24.2 Å². The van der Waals surface area contributed by atoms with Crippen molar-refractivity contribution in [1.29, 1.82) is 0 Å². The third-order valence-corrected chi connectivity index (χ3v) is 3.98. The Morgan fingerprint density at radius 3 is 2.65 bits per heavy atom. The largest absolute Gasteiger partial charge is 0.460 e. The van der Waals surface area contributed by atoms with Crippen molar-refractivity contribution >= 4 is 11.9 Å². The van der Waals surface area contributed by atoms with E-state index < -0.39 is 12.1 Å². The van der Waals surface area contributed by atoms with Gasteiger partial charge in [-0.3, -0.25) is 4.79 Å². The highest BCUT2D eigenvalue weighted by Crippen LogP contribution is 2.18. The van der Waals surface area contributed by atoms with E-state index in [0.29, 0.717) is 12.0 Å². The third-order valence-electron chi connectivity index (χ3n) is 3.98. The van der Waals surface area contributed by atoms with E-state index in [1.165, 1.54) is 0 Å². The molecular weight excluding hydrogens is 298 g/mol. The number of carbonyl (C=O) groups excluding carboxylic acids is 2. The van der Waals surface area contributed by atoms with Gasteiger partial charge >= 0.3 is 5.97 Å². The molecule has 1 fully saturated rings. The lowest BCUT2D eigenvalue weighted by Gasteiger charge is -2.28. The van der Waals surface area contributed by atoms with E-state index in [9.17, 15) is 14.7 Å². The fourth-order valence-corrected chi connectivity index (χ4v) is 2.59. The number of aliphatic hydroxyl groups is 1. The highest BCUT2D eigenvalue weighted by atomic mass is 16.5. The van der Waals surface area contributed by atoms with E-state index in [1.54, 1.807) is 6.92 Å². The number of hydrogen-bond donors (Lipinski definition) is 1. The molecule has 0 aliphatic carbocycles. The van der Waals surface area contributed by atoms with Gasteiger partial charge in [-0.1, -0.05) is 13.5 Å². The van der Waals surface area contributed by atoms with Crippen LogP contribution >= 0.6 is 0 Å². The van der Waals surface area contributed by atoms with Crippen LogP contribution in [0.1, 0.15) is 46.5 Å². The molecule has 3 unspecified atom stereocenters. The second-order valence-corrected chi connectivity index (χ2v) is 6.17. The van der Waals surface area contributed by atoms with E-state index >= 15 is 0 Å². The molecule has 132 valence electrons. The second kappa shape index (κ2) is 9.67. The monoisotopic (exact) mass is 327 g/mol. The van der Waals surface area contributed by atoms with Crippen LogP contribution < -0.4 is 0 Å². The minimum absolute atomic E-state index is 0.0371. The van der Waals surface area contributed by atoms with E-state index in [1.807, 2.05) is 18.7 Å². The summed E-state index contributed by atoms with van der Waals surface area (Å²) in [6, 6.07) is 0.133. The van der Waals surface area contributed by atoms with Crippen LogP contribution in [0.25, 0.3) is 0 Å². The summed E-state index contributed by atoms with van der Waals surface area (Å²) in [5, 5.41) is 9.82. The molecular formula is C17H29NO5. The molecule has 1 heterocycles. The Labute approximate surface area is 138 Å². The Morgan fingerprint density at radius 2 is 2.13 bits per heavy atom. The molecule has 6 nitrogen and oxygen atoms in total. The van der Waals surface area contributed by atoms with Gasteiger partial charge in [-0.05, 0) is 33.1 Å². The average molecular weight is 327 g/mol. The number of ether oxygens (including phenoxy) is 2. The molecule has 0 aromatic heterocycles. The number of esters is 1. The number of amides is 1. The standard InChI is InChI=1S/C17H29NO5/c1-5-15(9-13(4)18-8-6-7-16(18)20)22-10-14(19)11-23-17(21)12(2)3/h13-15,19H,2,5-11H2,1,3-4H3. The number of nitrogens with zero attached hydrogens (tertiary/aromatic N) is 1. The molecule has 1 aliphatic rings. The molecule has 6 heteroatoms. The van der Waals surface area contributed by atoms with Crippen molar-refractivity contribution in [3.63, 3.8) is 0 Å². The number of rotatable bonds is 10. The predicted molar refractivity (Wildman–Crippen MR) is 86.8 cm³/mol. The maximum Gasteiger partial charge on any atom is 0.333 e. The van der Waals surface area contributed by atoms with Crippen molar-refractivity contribution in [3.05, 3.63) is 12.2 Å². The van der Waals surface area contributed by atoms with Crippen molar-refractivity contribution in [2.45, 2.75) is 64.7 Å². The molecule has 0 aromatic carbocycles. The topological polar surface area (TPSA) is 76.1 Å². The van der Waals surface area contributed by atoms with E-state index in [4.69, 9.17) is 9.47 Å². The Bertz CT molecular complexity index is 423. The first-order chi connectivity index (χ1) is 10.8. The summed E-state index contributed by atoms with van der Waals surface area (Å²) in [4.78, 5) is 24.9. The summed E-state index contributed by atoms with van der Waals surface area (Å²) in [5.74, 6) is -0.309. The number of aliphatic hydroxyl groups excluding tert-OH is 1. The molecule has 1 N–H and O–H groups in total. The molecule has 1 rings (SSSR count). The first-order valence-corrected chi connectivity index (χ1v) is 8.26. The molecule has 0 radical (unpaired) electrons. The van der Waals surface area contributed by atoms with Gasteiger partial charge in [0, 0.05) is 24.6 Å². The molecule has 1 amide bonds. The van der Waals surface area contributed by atoms with Crippen LogP contribution in [-0.4, -0.2) is 59.9 Å². The van der Waals surface area contributed by atoms with E-state index in [2.05, 4.69) is 6.58 Å². The van der Waals surface area contributed by atoms with Gasteiger partial charge in [0.25, 0.3) is 0 Å². The SMILES string of the molecule is C=C(C)C(=O)OCC(O)COC(CC)CC(C)N1CCCC1=O. The maximum absolute atomic E-state index is 11.7. The summed E-state index contributed by atoms with van der Waals surface area (Å²) in [5.41, 5.74) is 0.300. The van der Waals surface area contributed by atoms with Crippen LogP contribution in [0.3, 0.4) is 0 Å². The summed E-state index contributed by atoms with van der Waals surface area (Å²) in [7, 11) is 0. The Hall–Kier alpha value is -1.40.